The number of rotatable bonds is 2. The van der Waals surface area contributed by atoms with E-state index < -0.39 is 5.50 Å². The first kappa shape index (κ1) is 24.2. The van der Waals surface area contributed by atoms with Gasteiger partial charge in [-0.3, -0.25) is 0 Å². The molecule has 118 valence electrons. The third kappa shape index (κ3) is 11.5. The van der Waals surface area contributed by atoms with Crippen molar-refractivity contribution in [2.24, 2.45) is 0 Å². The Morgan fingerprint density at radius 3 is 2.05 bits per heavy atom. The van der Waals surface area contributed by atoms with E-state index in [-0.39, 0.29) is 24.8 Å². The predicted octanol–water partition coefficient (Wildman–Crippen LogP) is -0.358. The van der Waals surface area contributed by atoms with E-state index in [1.807, 2.05) is 30.3 Å². The maximum atomic E-state index is 5.68. The van der Waals surface area contributed by atoms with Crippen molar-refractivity contribution in [3.05, 3.63) is 72.8 Å². The van der Waals surface area contributed by atoms with Crippen LogP contribution in [0.3, 0.4) is 0 Å². The van der Waals surface area contributed by atoms with Gasteiger partial charge >= 0.3 is 55.1 Å². The summed E-state index contributed by atoms with van der Waals surface area (Å²) in [5.74, 6) is 0. The van der Waals surface area contributed by atoms with Gasteiger partial charge in [0.15, 0.2) is 0 Å². The van der Waals surface area contributed by atoms with Gasteiger partial charge in [0.25, 0.3) is 0 Å². The maximum Gasteiger partial charge on any atom is -0.0809 e. The first-order chi connectivity index (χ1) is 9.74. The zero-order valence-corrected chi connectivity index (χ0v) is 17.3. The molecule has 0 aliphatic rings. The van der Waals surface area contributed by atoms with Gasteiger partial charge in [0.1, 0.15) is 0 Å². The average Bonchev–Trinajstić information content (AvgIpc) is 3.14. The van der Waals surface area contributed by atoms with Crippen LogP contribution >= 0.6 is 11.1 Å². The second-order valence-electron chi connectivity index (χ2n) is 4.27. The van der Waals surface area contributed by atoms with Gasteiger partial charge in [-0.2, -0.15) is 35.7 Å². The fourth-order valence-corrected chi connectivity index (χ4v) is 3.79. The van der Waals surface area contributed by atoms with Crippen LogP contribution in [0.1, 0.15) is 13.3 Å². The van der Waals surface area contributed by atoms with Crippen LogP contribution in [0, 0.1) is 0 Å². The van der Waals surface area contributed by atoms with E-state index in [0.717, 1.165) is 0 Å². The van der Waals surface area contributed by atoms with Crippen LogP contribution in [0.5, 0.6) is 0 Å². The van der Waals surface area contributed by atoms with E-state index in [1.54, 1.807) is 0 Å². The zero-order valence-electron chi connectivity index (χ0n) is 12.5. The van der Waals surface area contributed by atoms with Crippen molar-refractivity contribution in [1.82, 2.24) is 0 Å². The third-order valence-electron chi connectivity index (χ3n) is 2.57. The van der Waals surface area contributed by atoms with Crippen molar-refractivity contribution >= 4 is 27.3 Å². The normalized spacial score (nSPS) is 8.36. The first-order valence-electron chi connectivity index (χ1n) is 6.74. The fourth-order valence-electron chi connectivity index (χ4n) is 1.61. The molecule has 0 unspecified atom stereocenters. The Labute approximate surface area is 162 Å². The van der Waals surface area contributed by atoms with Crippen LogP contribution in [0.4, 0.5) is 0 Å². The molecule has 0 nitrogen and oxygen atoms in total. The van der Waals surface area contributed by atoms with E-state index in [0.29, 0.717) is 0 Å². The van der Waals surface area contributed by atoms with E-state index in [2.05, 4.69) is 68.6 Å². The first-order valence-corrected chi connectivity index (χ1v) is 11.8. The van der Waals surface area contributed by atoms with Crippen molar-refractivity contribution in [3.8, 4) is 0 Å². The van der Waals surface area contributed by atoms with E-state index in [9.17, 15) is 0 Å². The molecule has 0 bridgehead atoms. The van der Waals surface area contributed by atoms with Crippen LogP contribution in [0.2, 0.25) is 6.04 Å². The minimum atomic E-state index is -0.413. The van der Waals surface area contributed by atoms with Gasteiger partial charge in [-0.05, 0) is 0 Å². The molecule has 0 atom stereocenters. The maximum absolute atomic E-state index is 5.68. The Hall–Kier alpha value is -0.0188. The molecule has 5 heteroatoms. The predicted molar refractivity (Wildman–Crippen MR) is 88.3 cm³/mol. The molecule has 0 aliphatic heterocycles. The largest absolute Gasteiger partial charge is 1.00 e. The summed E-state index contributed by atoms with van der Waals surface area (Å²) in [7, 11) is 0. The van der Waals surface area contributed by atoms with Crippen LogP contribution in [0.15, 0.2) is 72.8 Å². The molecule has 0 spiro atoms. The van der Waals surface area contributed by atoms with Gasteiger partial charge in [-0.15, -0.1) is 29.7 Å². The summed E-state index contributed by atoms with van der Waals surface area (Å²) in [5, 5.41) is 2.66. The molecule has 0 saturated carbocycles. The summed E-state index contributed by atoms with van der Waals surface area (Å²) in [6.07, 6.45) is 1.24. The van der Waals surface area contributed by atoms with Gasteiger partial charge < -0.3 is 24.8 Å². The van der Waals surface area contributed by atoms with Crippen LogP contribution in [0.25, 0.3) is 10.8 Å². The van der Waals surface area contributed by atoms with Crippen LogP contribution in [-0.2, 0) is 19.2 Å². The number of hydrogen-bond donors (Lipinski definition) is 0. The molecule has 0 aromatic heterocycles. The van der Waals surface area contributed by atoms with E-state index in [1.165, 1.54) is 23.2 Å². The summed E-state index contributed by atoms with van der Waals surface area (Å²) in [5.41, 5.74) is -0.413. The number of fused-ring (bicyclic) bond motifs is 1. The Kier molecular flexibility index (Phi) is 17.5. The van der Waals surface area contributed by atoms with Gasteiger partial charge in [0.05, 0.1) is 0 Å². The third-order valence-corrected chi connectivity index (χ3v) is 5.25. The number of benzene rings is 1. The monoisotopic (exact) mass is 404 g/mol. The van der Waals surface area contributed by atoms with Gasteiger partial charge in [0, 0.05) is 0 Å². The number of hydrogen-bond acceptors (Lipinski definition) is 0. The number of halogens is 3. The molecule has 0 heterocycles. The van der Waals surface area contributed by atoms with Gasteiger partial charge in [-0.25, -0.2) is 12.1 Å². The van der Waals surface area contributed by atoms with E-state index in [4.69, 9.17) is 11.1 Å². The quantitative estimate of drug-likeness (QED) is 0.310. The molecule has 0 amide bonds. The molecule has 22 heavy (non-hydrogen) atoms. The minimum Gasteiger partial charge on any atom is -1.00 e. The zero-order chi connectivity index (χ0) is 14.6. The molecule has 3 aromatic carbocycles. The summed E-state index contributed by atoms with van der Waals surface area (Å²) in [4.78, 5) is 0. The Bertz CT molecular complexity index is 543. The van der Waals surface area contributed by atoms with Crippen LogP contribution in [-0.4, -0.2) is 5.50 Å². The molecule has 3 aromatic rings. The molecule has 0 aliphatic carbocycles. The van der Waals surface area contributed by atoms with Gasteiger partial charge in [-0.1, -0.05) is 6.07 Å². The Morgan fingerprint density at radius 2 is 1.64 bits per heavy atom. The SMILES string of the molecule is CCC[Si](Cl)=[Ti+2].[Cl-].[Cl-].c1cc[cH-]c1.c1ccc2[cH-]ccc2c1. The van der Waals surface area contributed by atoms with Crippen molar-refractivity contribution < 1.29 is 44.0 Å². The molecule has 0 N–H and O–H groups in total. The average molecular weight is 406 g/mol. The smallest absolute Gasteiger partial charge is 0.0809 e. The Morgan fingerprint density at radius 1 is 1.00 bits per heavy atom. The molecule has 0 fully saturated rings. The summed E-state index contributed by atoms with van der Waals surface area (Å²) in [6, 6.07) is 25.9. The molecule has 0 radical (unpaired) electrons. The fraction of sp³-hybridized carbons (Fsp3) is 0.176. The van der Waals surface area contributed by atoms with Crippen molar-refractivity contribution in [2.45, 2.75) is 19.4 Å². The van der Waals surface area contributed by atoms with Crippen molar-refractivity contribution in [3.63, 3.8) is 0 Å². The van der Waals surface area contributed by atoms with E-state index >= 15 is 0 Å². The topological polar surface area (TPSA) is 0 Å². The Balaban J connectivity index is 0. The van der Waals surface area contributed by atoms with Crippen LogP contribution < -0.4 is 24.8 Å². The molecule has 0 saturated heterocycles. The molecular formula is C17H19Cl3SiTi-2. The summed E-state index contributed by atoms with van der Waals surface area (Å²) >= 11 is 7.80. The summed E-state index contributed by atoms with van der Waals surface area (Å²) in [6.45, 7) is 2.16. The molecular weight excluding hydrogens is 386 g/mol. The summed E-state index contributed by atoms with van der Waals surface area (Å²) < 4.78 is 0. The van der Waals surface area contributed by atoms with Crippen molar-refractivity contribution in [1.29, 1.82) is 0 Å². The van der Waals surface area contributed by atoms with Gasteiger partial charge in [0.2, 0.25) is 0 Å². The minimum absolute atomic E-state index is 0. The van der Waals surface area contributed by atoms with Crippen molar-refractivity contribution in [2.75, 3.05) is 0 Å². The second-order valence-corrected chi connectivity index (χ2v) is 11.3. The second kappa shape index (κ2) is 15.9. The standard InChI is InChI=1S/C9H7.C5H5.C3H7ClSi.2ClH.Ti/c1-2-5-9-7-3-6-8(9)4-1;1-2-4-5-3-1;1-2-3-5-4;;;/h1-7H;1-5H;2-3H2,1H3;2*1H;/q2*-1;;;;+2/p-2. The molecule has 3 rings (SSSR count).